The Morgan fingerprint density at radius 1 is 1.26 bits per heavy atom. The van der Waals surface area contributed by atoms with Crippen molar-refractivity contribution in [2.24, 2.45) is 5.92 Å². The highest BCUT2D eigenvalue weighted by atomic mass is 32.1. The topological polar surface area (TPSA) is 15.3 Å². The standard InChI is InChI=1S/C16H26N2S/c1-12(2)16(15-6-4-10-19-15)18-9-3-5-14(11-18)17-13-7-8-13/h4,6,10,12-14,16-17H,3,5,7-9,11H2,1-2H3. The Labute approximate surface area is 121 Å². The van der Waals surface area contributed by atoms with E-state index in [1.807, 2.05) is 11.3 Å². The molecule has 3 heteroatoms. The van der Waals surface area contributed by atoms with Gasteiger partial charge in [-0.15, -0.1) is 11.3 Å². The van der Waals surface area contributed by atoms with E-state index in [9.17, 15) is 0 Å². The van der Waals surface area contributed by atoms with Gasteiger partial charge in [0, 0.05) is 29.5 Å². The number of hydrogen-bond acceptors (Lipinski definition) is 3. The largest absolute Gasteiger partial charge is 0.310 e. The predicted molar refractivity (Wildman–Crippen MR) is 82.7 cm³/mol. The van der Waals surface area contributed by atoms with E-state index in [1.165, 1.54) is 38.8 Å². The van der Waals surface area contributed by atoms with E-state index >= 15 is 0 Å². The molecule has 1 saturated heterocycles. The first kappa shape index (κ1) is 13.6. The van der Waals surface area contributed by atoms with Crippen molar-refractivity contribution in [3.63, 3.8) is 0 Å². The highest BCUT2D eigenvalue weighted by Gasteiger charge is 2.32. The van der Waals surface area contributed by atoms with E-state index in [0.29, 0.717) is 12.0 Å². The lowest BCUT2D eigenvalue weighted by Gasteiger charge is -2.40. The highest BCUT2D eigenvalue weighted by Crippen LogP contribution is 2.34. The zero-order valence-electron chi connectivity index (χ0n) is 12.1. The van der Waals surface area contributed by atoms with Crippen LogP contribution >= 0.6 is 11.3 Å². The number of likely N-dealkylation sites (tertiary alicyclic amines) is 1. The maximum atomic E-state index is 3.82. The third-order valence-corrected chi connectivity index (χ3v) is 5.30. The average molecular weight is 278 g/mol. The van der Waals surface area contributed by atoms with Crippen molar-refractivity contribution in [3.8, 4) is 0 Å². The normalized spacial score (nSPS) is 26.8. The van der Waals surface area contributed by atoms with Gasteiger partial charge in [-0.1, -0.05) is 19.9 Å². The van der Waals surface area contributed by atoms with E-state index in [1.54, 1.807) is 4.88 Å². The van der Waals surface area contributed by atoms with Crippen LogP contribution < -0.4 is 5.32 Å². The highest BCUT2D eigenvalue weighted by molar-refractivity contribution is 7.10. The number of rotatable bonds is 5. The maximum absolute atomic E-state index is 3.82. The summed E-state index contributed by atoms with van der Waals surface area (Å²) >= 11 is 1.92. The van der Waals surface area contributed by atoms with Crippen molar-refractivity contribution in [3.05, 3.63) is 22.4 Å². The molecule has 0 spiro atoms. The van der Waals surface area contributed by atoms with Gasteiger partial charge in [0.25, 0.3) is 0 Å². The quantitative estimate of drug-likeness (QED) is 0.884. The van der Waals surface area contributed by atoms with Crippen molar-refractivity contribution in [1.82, 2.24) is 10.2 Å². The molecule has 2 aliphatic rings. The molecule has 106 valence electrons. The van der Waals surface area contributed by atoms with Crippen LogP contribution in [0, 0.1) is 5.92 Å². The summed E-state index contributed by atoms with van der Waals surface area (Å²) in [5.41, 5.74) is 0. The second-order valence-electron chi connectivity index (χ2n) is 6.48. The first-order chi connectivity index (χ1) is 9.24. The summed E-state index contributed by atoms with van der Waals surface area (Å²) in [5.74, 6) is 0.693. The fourth-order valence-corrected chi connectivity index (χ4v) is 4.40. The number of nitrogens with zero attached hydrogens (tertiary/aromatic N) is 1. The lowest BCUT2D eigenvalue weighted by atomic mass is 9.96. The van der Waals surface area contributed by atoms with Gasteiger partial charge in [-0.3, -0.25) is 4.90 Å². The third kappa shape index (κ3) is 3.39. The molecule has 2 atom stereocenters. The molecule has 0 amide bonds. The number of thiophene rings is 1. The zero-order chi connectivity index (χ0) is 13.2. The lowest BCUT2D eigenvalue weighted by molar-refractivity contribution is 0.109. The second kappa shape index (κ2) is 5.94. The van der Waals surface area contributed by atoms with Crippen molar-refractivity contribution in [2.75, 3.05) is 13.1 Å². The van der Waals surface area contributed by atoms with Crippen molar-refractivity contribution < 1.29 is 0 Å². The van der Waals surface area contributed by atoms with Gasteiger partial charge in [-0.2, -0.15) is 0 Å². The van der Waals surface area contributed by atoms with E-state index < -0.39 is 0 Å². The molecule has 1 saturated carbocycles. The number of nitrogens with one attached hydrogen (secondary N) is 1. The van der Waals surface area contributed by atoms with Crippen LogP contribution in [0.3, 0.4) is 0 Å². The summed E-state index contributed by atoms with van der Waals surface area (Å²) in [4.78, 5) is 4.27. The Balaban J connectivity index is 1.67. The Bertz CT molecular complexity index is 383. The summed E-state index contributed by atoms with van der Waals surface area (Å²) in [5, 5.41) is 6.04. The van der Waals surface area contributed by atoms with Gasteiger partial charge in [0.15, 0.2) is 0 Å². The minimum absolute atomic E-state index is 0.615. The number of hydrogen-bond donors (Lipinski definition) is 1. The summed E-state index contributed by atoms with van der Waals surface area (Å²) in [6.45, 7) is 7.23. The summed E-state index contributed by atoms with van der Waals surface area (Å²) in [7, 11) is 0. The second-order valence-corrected chi connectivity index (χ2v) is 7.46. The molecule has 1 aliphatic carbocycles. The van der Waals surface area contributed by atoms with Crippen molar-refractivity contribution in [2.45, 2.75) is 57.7 Å². The molecule has 1 aromatic heterocycles. The molecule has 0 bridgehead atoms. The summed E-state index contributed by atoms with van der Waals surface area (Å²) in [6, 6.07) is 6.68. The molecule has 1 aromatic rings. The van der Waals surface area contributed by atoms with Crippen LogP contribution in [0.4, 0.5) is 0 Å². The van der Waals surface area contributed by atoms with Crippen LogP contribution in [0.15, 0.2) is 17.5 Å². The van der Waals surface area contributed by atoms with E-state index in [4.69, 9.17) is 0 Å². The molecule has 3 rings (SSSR count). The van der Waals surface area contributed by atoms with Crippen LogP contribution in [-0.4, -0.2) is 30.1 Å². The molecule has 1 N–H and O–H groups in total. The first-order valence-electron chi connectivity index (χ1n) is 7.77. The molecule has 19 heavy (non-hydrogen) atoms. The SMILES string of the molecule is CC(C)C(c1cccs1)N1CCCC(NC2CC2)C1. The average Bonchev–Trinajstić information content (AvgIpc) is 3.03. The third-order valence-electron chi connectivity index (χ3n) is 4.36. The summed E-state index contributed by atoms with van der Waals surface area (Å²) < 4.78 is 0. The smallest absolute Gasteiger partial charge is 0.0465 e. The molecule has 2 fully saturated rings. The van der Waals surface area contributed by atoms with Gasteiger partial charge in [-0.05, 0) is 49.6 Å². The minimum atomic E-state index is 0.615. The van der Waals surface area contributed by atoms with Crippen molar-refractivity contribution >= 4 is 11.3 Å². The number of piperidine rings is 1. The monoisotopic (exact) mass is 278 g/mol. The molecule has 2 heterocycles. The Hall–Kier alpha value is -0.380. The first-order valence-corrected chi connectivity index (χ1v) is 8.65. The molecule has 0 radical (unpaired) electrons. The van der Waals surface area contributed by atoms with Gasteiger partial charge < -0.3 is 5.32 Å². The fraction of sp³-hybridized carbons (Fsp3) is 0.750. The Kier molecular flexibility index (Phi) is 4.25. The fourth-order valence-electron chi connectivity index (χ4n) is 3.37. The van der Waals surface area contributed by atoms with Gasteiger partial charge in [0.05, 0.1) is 0 Å². The van der Waals surface area contributed by atoms with E-state index in [0.717, 1.165) is 12.1 Å². The van der Waals surface area contributed by atoms with Gasteiger partial charge >= 0.3 is 0 Å². The maximum Gasteiger partial charge on any atom is 0.0465 e. The van der Waals surface area contributed by atoms with E-state index in [2.05, 4.69) is 41.6 Å². The van der Waals surface area contributed by atoms with Crippen LogP contribution in [-0.2, 0) is 0 Å². The Morgan fingerprint density at radius 2 is 2.11 bits per heavy atom. The molecule has 2 nitrogen and oxygen atoms in total. The van der Waals surface area contributed by atoms with Crippen LogP contribution in [0.2, 0.25) is 0 Å². The minimum Gasteiger partial charge on any atom is -0.310 e. The zero-order valence-corrected chi connectivity index (χ0v) is 13.0. The van der Waals surface area contributed by atoms with Crippen LogP contribution in [0.25, 0.3) is 0 Å². The summed E-state index contributed by atoms with van der Waals surface area (Å²) in [6.07, 6.45) is 5.51. The van der Waals surface area contributed by atoms with Gasteiger partial charge in [-0.25, -0.2) is 0 Å². The lowest BCUT2D eigenvalue weighted by Crippen LogP contribution is -2.48. The molecule has 0 aromatic carbocycles. The van der Waals surface area contributed by atoms with Gasteiger partial charge in [0.2, 0.25) is 0 Å². The van der Waals surface area contributed by atoms with Crippen LogP contribution in [0.5, 0.6) is 0 Å². The van der Waals surface area contributed by atoms with Crippen molar-refractivity contribution in [1.29, 1.82) is 0 Å². The molecular weight excluding hydrogens is 252 g/mol. The Morgan fingerprint density at radius 3 is 2.74 bits per heavy atom. The molecule has 2 unspecified atom stereocenters. The molecule has 1 aliphatic heterocycles. The molecular formula is C16H26N2S. The van der Waals surface area contributed by atoms with Gasteiger partial charge in [0.1, 0.15) is 0 Å². The van der Waals surface area contributed by atoms with Crippen LogP contribution in [0.1, 0.15) is 50.4 Å². The van der Waals surface area contributed by atoms with E-state index in [-0.39, 0.29) is 0 Å². The predicted octanol–water partition coefficient (Wildman–Crippen LogP) is 3.66.